The van der Waals surface area contributed by atoms with E-state index in [0.717, 1.165) is 27.5 Å². The molecule has 0 saturated heterocycles. The second kappa shape index (κ2) is 14.5. The largest absolute Gasteiger partial charge is 0.309 e. The summed E-state index contributed by atoms with van der Waals surface area (Å²) < 4.78 is 4.90. The summed E-state index contributed by atoms with van der Waals surface area (Å²) in [6.07, 6.45) is 0. The molecule has 13 aromatic rings. The zero-order chi connectivity index (χ0) is 42.1. The standard InChI is InChI=1S/C61H39N3/c1-3-17-40(18-4-1)45-21-9-14-28-55(45)63-56-29-15-10-22-46(56)51-37-42(31-34-59(51)63)43-32-35-60-52(38-43)47-23-11-16-30-57(47)64(60)58-36-33-44(39-50(58)41-19-5-2-6-20-41)61-48-24-7-12-26-53(48)62-54-27-13-8-25-49(54)61/h1-39H. The fraction of sp³-hybridized carbons (Fsp3) is 0. The molecule has 10 aromatic carbocycles. The first-order chi connectivity index (χ1) is 31.8. The van der Waals surface area contributed by atoms with Crippen LogP contribution in [0.3, 0.4) is 0 Å². The van der Waals surface area contributed by atoms with Crippen molar-refractivity contribution < 1.29 is 0 Å². The van der Waals surface area contributed by atoms with Crippen molar-refractivity contribution >= 4 is 65.4 Å². The molecule has 3 nitrogen and oxygen atoms in total. The number of aromatic nitrogens is 3. The molecule has 0 bridgehead atoms. The highest BCUT2D eigenvalue weighted by Gasteiger charge is 2.20. The van der Waals surface area contributed by atoms with Gasteiger partial charge in [-0.1, -0.05) is 170 Å². The predicted octanol–water partition coefficient (Wildman–Crippen LogP) is 16.3. The summed E-state index contributed by atoms with van der Waals surface area (Å²) in [4.78, 5) is 5.05. The molecule has 0 aliphatic rings. The molecule has 0 saturated carbocycles. The van der Waals surface area contributed by atoms with E-state index in [1.54, 1.807) is 0 Å². The average Bonchev–Trinajstić information content (AvgIpc) is 3.88. The van der Waals surface area contributed by atoms with E-state index in [1.807, 2.05) is 0 Å². The maximum Gasteiger partial charge on any atom is 0.0715 e. The van der Waals surface area contributed by atoms with Crippen LogP contribution in [-0.4, -0.2) is 14.1 Å². The lowest BCUT2D eigenvalue weighted by Crippen LogP contribution is -1.98. The molecular weight excluding hydrogens is 775 g/mol. The average molecular weight is 814 g/mol. The van der Waals surface area contributed by atoms with Gasteiger partial charge in [0.15, 0.2) is 0 Å². The van der Waals surface area contributed by atoms with E-state index in [9.17, 15) is 0 Å². The van der Waals surface area contributed by atoms with Crippen molar-refractivity contribution in [3.05, 3.63) is 237 Å². The first-order valence-electron chi connectivity index (χ1n) is 22.0. The molecular formula is C61H39N3. The van der Waals surface area contributed by atoms with Gasteiger partial charge in [-0.2, -0.15) is 0 Å². The number of hydrogen-bond donors (Lipinski definition) is 0. The van der Waals surface area contributed by atoms with Crippen LogP contribution in [0, 0.1) is 0 Å². The number of fused-ring (bicyclic) bond motifs is 8. The molecule has 0 N–H and O–H groups in total. The highest BCUT2D eigenvalue weighted by molar-refractivity contribution is 6.14. The van der Waals surface area contributed by atoms with Gasteiger partial charge in [0.2, 0.25) is 0 Å². The first-order valence-corrected chi connectivity index (χ1v) is 22.0. The summed E-state index contributed by atoms with van der Waals surface area (Å²) >= 11 is 0. The quantitative estimate of drug-likeness (QED) is 0.153. The molecule has 0 radical (unpaired) electrons. The minimum absolute atomic E-state index is 0.998. The van der Waals surface area contributed by atoms with Crippen LogP contribution < -0.4 is 0 Å². The van der Waals surface area contributed by atoms with Crippen LogP contribution >= 0.6 is 0 Å². The Morgan fingerprint density at radius 1 is 0.250 bits per heavy atom. The molecule has 0 fully saturated rings. The van der Waals surface area contributed by atoms with Crippen LogP contribution in [0.4, 0.5) is 0 Å². The van der Waals surface area contributed by atoms with Crippen molar-refractivity contribution in [3.63, 3.8) is 0 Å². The monoisotopic (exact) mass is 813 g/mol. The molecule has 0 unspecified atom stereocenters. The van der Waals surface area contributed by atoms with Crippen LogP contribution in [0.2, 0.25) is 0 Å². The van der Waals surface area contributed by atoms with Gasteiger partial charge in [-0.3, -0.25) is 0 Å². The lowest BCUT2D eigenvalue weighted by Gasteiger charge is -2.18. The van der Waals surface area contributed by atoms with Gasteiger partial charge in [0, 0.05) is 49.0 Å². The molecule has 0 aliphatic heterocycles. The Morgan fingerprint density at radius 3 is 1.25 bits per heavy atom. The summed E-state index contributed by atoms with van der Waals surface area (Å²) in [5, 5.41) is 7.23. The molecule has 3 heteroatoms. The van der Waals surface area contributed by atoms with Crippen molar-refractivity contribution in [2.75, 3.05) is 0 Å². The molecule has 3 aromatic heterocycles. The van der Waals surface area contributed by atoms with E-state index < -0.39 is 0 Å². The summed E-state index contributed by atoms with van der Waals surface area (Å²) in [7, 11) is 0. The smallest absolute Gasteiger partial charge is 0.0715 e. The van der Waals surface area contributed by atoms with Gasteiger partial charge in [0.25, 0.3) is 0 Å². The van der Waals surface area contributed by atoms with Gasteiger partial charge in [0.05, 0.1) is 44.5 Å². The Hall–Kier alpha value is -8.53. The van der Waals surface area contributed by atoms with Crippen LogP contribution in [0.15, 0.2) is 237 Å². The van der Waals surface area contributed by atoms with Crippen LogP contribution in [-0.2, 0) is 0 Å². The van der Waals surface area contributed by atoms with E-state index in [-0.39, 0.29) is 0 Å². The Kier molecular flexibility index (Phi) is 8.22. The van der Waals surface area contributed by atoms with Crippen LogP contribution in [0.25, 0.3) is 121 Å². The van der Waals surface area contributed by atoms with Crippen LogP contribution in [0.1, 0.15) is 0 Å². The Morgan fingerprint density at radius 2 is 0.672 bits per heavy atom. The lowest BCUT2D eigenvalue weighted by atomic mass is 9.92. The predicted molar refractivity (Wildman–Crippen MR) is 270 cm³/mol. The van der Waals surface area contributed by atoms with Crippen molar-refractivity contribution in [2.45, 2.75) is 0 Å². The van der Waals surface area contributed by atoms with Gasteiger partial charge in [-0.05, 0) is 94.5 Å². The Bertz CT molecular complexity index is 3900. The minimum atomic E-state index is 0.998. The van der Waals surface area contributed by atoms with E-state index >= 15 is 0 Å². The number of nitrogens with zero attached hydrogens (tertiary/aromatic N) is 3. The number of benzene rings is 10. The van der Waals surface area contributed by atoms with Crippen molar-refractivity contribution in [1.29, 1.82) is 0 Å². The van der Waals surface area contributed by atoms with Gasteiger partial charge in [0.1, 0.15) is 0 Å². The van der Waals surface area contributed by atoms with E-state index in [0.29, 0.717) is 0 Å². The number of para-hydroxylation sites is 5. The van der Waals surface area contributed by atoms with Gasteiger partial charge in [-0.25, -0.2) is 4.98 Å². The van der Waals surface area contributed by atoms with E-state index in [4.69, 9.17) is 4.98 Å². The molecule has 298 valence electrons. The fourth-order valence-corrected chi connectivity index (χ4v) is 10.2. The van der Waals surface area contributed by atoms with Gasteiger partial charge in [-0.15, -0.1) is 0 Å². The molecule has 0 aliphatic carbocycles. The highest BCUT2D eigenvalue weighted by Crippen LogP contribution is 2.43. The fourth-order valence-electron chi connectivity index (χ4n) is 10.2. The third kappa shape index (κ3) is 5.65. The summed E-state index contributed by atoms with van der Waals surface area (Å²) in [6, 6.07) is 85.9. The molecule has 64 heavy (non-hydrogen) atoms. The summed E-state index contributed by atoms with van der Waals surface area (Å²) in [5.41, 5.74) is 18.6. The second-order valence-corrected chi connectivity index (χ2v) is 16.7. The van der Waals surface area contributed by atoms with Crippen LogP contribution in [0.5, 0.6) is 0 Å². The topological polar surface area (TPSA) is 22.8 Å². The maximum absolute atomic E-state index is 5.05. The normalized spacial score (nSPS) is 11.8. The SMILES string of the molecule is c1ccc(-c2ccccc2-n2c3ccccc3c3cc(-c4ccc5c(c4)c4ccccc4n5-c4ccc(-c5c6ccccc6nc6ccccc56)cc4-c4ccccc4)ccc32)cc1. The van der Waals surface area contributed by atoms with Crippen molar-refractivity contribution in [1.82, 2.24) is 14.1 Å². The number of rotatable bonds is 6. The minimum Gasteiger partial charge on any atom is -0.309 e. The second-order valence-electron chi connectivity index (χ2n) is 16.7. The van der Waals surface area contributed by atoms with Crippen molar-refractivity contribution in [2.24, 2.45) is 0 Å². The van der Waals surface area contributed by atoms with Gasteiger partial charge < -0.3 is 9.13 Å². The molecule has 0 amide bonds. The molecule has 0 atom stereocenters. The third-order valence-corrected chi connectivity index (χ3v) is 13.1. The first kappa shape index (κ1) is 36.2. The molecule has 13 rings (SSSR count). The van der Waals surface area contributed by atoms with Gasteiger partial charge >= 0.3 is 0 Å². The zero-order valence-electron chi connectivity index (χ0n) is 34.9. The lowest BCUT2D eigenvalue weighted by molar-refractivity contribution is 1.18. The molecule has 3 heterocycles. The van der Waals surface area contributed by atoms with E-state index in [2.05, 4.69) is 246 Å². The Balaban J connectivity index is 0.994. The highest BCUT2D eigenvalue weighted by atomic mass is 15.0. The Labute approximate surface area is 370 Å². The number of pyridine rings is 1. The number of hydrogen-bond acceptors (Lipinski definition) is 1. The zero-order valence-corrected chi connectivity index (χ0v) is 34.9. The van der Waals surface area contributed by atoms with Crippen molar-refractivity contribution in [3.8, 4) is 55.9 Å². The maximum atomic E-state index is 5.05. The van der Waals surface area contributed by atoms with E-state index in [1.165, 1.54) is 93.8 Å². The molecule has 0 spiro atoms. The summed E-state index contributed by atoms with van der Waals surface area (Å²) in [5.74, 6) is 0. The third-order valence-electron chi connectivity index (χ3n) is 13.1. The summed E-state index contributed by atoms with van der Waals surface area (Å²) in [6.45, 7) is 0.